The van der Waals surface area contributed by atoms with E-state index >= 15 is 4.39 Å². The number of hydrogen-bond acceptors (Lipinski definition) is 5. The van der Waals surface area contributed by atoms with Crippen LogP contribution in [0, 0.1) is 12.7 Å². The highest BCUT2D eigenvalue weighted by atomic mass is 19.1. The topological polar surface area (TPSA) is 64.7 Å². The lowest BCUT2D eigenvalue weighted by Crippen LogP contribution is -1.96. The molecular weight excluding hydrogens is 457 g/mol. The van der Waals surface area contributed by atoms with Crippen molar-refractivity contribution in [3.63, 3.8) is 0 Å². The lowest BCUT2D eigenvalue weighted by Gasteiger charge is -2.07. The van der Waals surface area contributed by atoms with Crippen LogP contribution in [0.25, 0.3) is 33.7 Å². The summed E-state index contributed by atoms with van der Waals surface area (Å²) >= 11 is 0. The second kappa shape index (κ2) is 9.96. The van der Waals surface area contributed by atoms with Gasteiger partial charge < -0.3 is 19.0 Å². The molecule has 180 valence electrons. The monoisotopic (exact) mass is 481 g/mol. The van der Waals surface area contributed by atoms with Gasteiger partial charge in [0.1, 0.15) is 28.8 Å². The number of aromatic nitrogens is 1. The summed E-state index contributed by atoms with van der Waals surface area (Å²) in [6, 6.07) is 26.8. The molecule has 0 aliphatic heterocycles. The van der Waals surface area contributed by atoms with Crippen molar-refractivity contribution in [1.29, 1.82) is 0 Å². The molecule has 36 heavy (non-hydrogen) atoms. The molecule has 5 aromatic rings. The average molecular weight is 482 g/mol. The number of hydrogen-bond donors (Lipinski definition) is 1. The Labute approximate surface area is 208 Å². The predicted molar refractivity (Wildman–Crippen MR) is 136 cm³/mol. The number of aromatic hydroxyl groups is 1. The third kappa shape index (κ3) is 4.79. The fourth-order valence-corrected chi connectivity index (χ4v) is 3.94. The summed E-state index contributed by atoms with van der Waals surface area (Å²) in [5, 5.41) is 9.75. The Bertz CT molecular complexity index is 1490. The van der Waals surface area contributed by atoms with Gasteiger partial charge in [0.2, 0.25) is 5.89 Å². The molecule has 0 aliphatic carbocycles. The summed E-state index contributed by atoms with van der Waals surface area (Å²) in [7, 11) is 1.61. The zero-order valence-electron chi connectivity index (χ0n) is 19.9. The summed E-state index contributed by atoms with van der Waals surface area (Å²) in [5.41, 5.74) is 3.95. The maximum absolute atomic E-state index is 15.2. The Morgan fingerprint density at radius 3 is 2.25 bits per heavy atom. The maximum Gasteiger partial charge on any atom is 0.233 e. The first kappa shape index (κ1) is 23.2. The van der Waals surface area contributed by atoms with Crippen molar-refractivity contribution in [2.45, 2.75) is 13.5 Å². The Hall–Kier alpha value is -4.58. The van der Waals surface area contributed by atoms with Gasteiger partial charge in [0.05, 0.1) is 7.11 Å². The third-order valence-electron chi connectivity index (χ3n) is 5.88. The maximum atomic E-state index is 15.2. The second-order valence-electron chi connectivity index (χ2n) is 8.31. The van der Waals surface area contributed by atoms with Crippen molar-refractivity contribution < 1.29 is 23.4 Å². The highest BCUT2D eigenvalue weighted by Crippen LogP contribution is 2.36. The second-order valence-corrected chi connectivity index (χ2v) is 8.31. The van der Waals surface area contributed by atoms with Gasteiger partial charge in [0.25, 0.3) is 0 Å². The van der Waals surface area contributed by atoms with E-state index in [-0.39, 0.29) is 18.2 Å². The molecule has 0 saturated heterocycles. The summed E-state index contributed by atoms with van der Waals surface area (Å²) in [5.74, 6) is 1.92. The van der Waals surface area contributed by atoms with E-state index in [4.69, 9.17) is 13.9 Å². The Kier molecular flexibility index (Phi) is 6.41. The Balaban J connectivity index is 1.51. The largest absolute Gasteiger partial charge is 0.508 e. The van der Waals surface area contributed by atoms with Gasteiger partial charge in [-0.25, -0.2) is 9.37 Å². The fraction of sp³-hybridized carbons (Fsp3) is 0.100. The zero-order valence-corrected chi connectivity index (χ0v) is 19.9. The molecule has 0 unspecified atom stereocenters. The molecule has 0 radical (unpaired) electrons. The quantitative estimate of drug-likeness (QED) is 0.262. The van der Waals surface area contributed by atoms with E-state index in [9.17, 15) is 5.11 Å². The van der Waals surface area contributed by atoms with E-state index in [1.54, 1.807) is 38.3 Å². The number of nitrogens with zero attached hydrogens (tertiary/aromatic N) is 1. The normalized spacial score (nSPS) is 10.9. The summed E-state index contributed by atoms with van der Waals surface area (Å²) in [6.07, 6.45) is 0. The number of halogens is 1. The molecule has 0 bridgehead atoms. The lowest BCUT2D eigenvalue weighted by atomic mass is 10.0. The molecule has 5 rings (SSSR count). The van der Waals surface area contributed by atoms with Crippen molar-refractivity contribution >= 4 is 0 Å². The summed E-state index contributed by atoms with van der Waals surface area (Å²) in [4.78, 5) is 4.67. The first-order chi connectivity index (χ1) is 17.5. The number of ether oxygens (including phenoxy) is 2. The third-order valence-corrected chi connectivity index (χ3v) is 5.88. The van der Waals surface area contributed by atoms with Crippen molar-refractivity contribution in [1.82, 2.24) is 4.98 Å². The minimum absolute atomic E-state index is 0.0674. The molecule has 0 aliphatic rings. The van der Waals surface area contributed by atoms with Gasteiger partial charge in [-0.05, 0) is 66.6 Å². The fourth-order valence-electron chi connectivity index (χ4n) is 3.94. The molecule has 0 saturated carbocycles. The number of aryl methyl sites for hydroxylation is 1. The molecule has 0 spiro atoms. The molecule has 4 aromatic carbocycles. The van der Waals surface area contributed by atoms with Gasteiger partial charge in [0, 0.05) is 16.7 Å². The molecular formula is C30H24FNO4. The molecule has 6 heteroatoms. The predicted octanol–water partition coefficient (Wildman–Crippen LogP) is 7.42. The van der Waals surface area contributed by atoms with E-state index in [0.29, 0.717) is 45.5 Å². The van der Waals surface area contributed by atoms with Gasteiger partial charge in [-0.3, -0.25) is 0 Å². The number of rotatable bonds is 7. The Morgan fingerprint density at radius 1 is 0.833 bits per heavy atom. The van der Waals surface area contributed by atoms with Crippen LogP contribution in [-0.4, -0.2) is 17.2 Å². The zero-order chi connectivity index (χ0) is 25.1. The van der Waals surface area contributed by atoms with Crippen LogP contribution in [0.2, 0.25) is 0 Å². The Morgan fingerprint density at radius 2 is 1.56 bits per heavy atom. The number of benzene rings is 4. The number of oxazole rings is 1. The summed E-state index contributed by atoms with van der Waals surface area (Å²) in [6.45, 7) is 1.86. The average Bonchev–Trinajstić information content (AvgIpc) is 3.34. The van der Waals surface area contributed by atoms with Crippen LogP contribution < -0.4 is 9.47 Å². The van der Waals surface area contributed by atoms with Crippen LogP contribution in [0.1, 0.15) is 11.5 Å². The minimum atomic E-state index is -0.354. The molecule has 0 amide bonds. The lowest BCUT2D eigenvalue weighted by molar-refractivity contribution is 0.264. The molecule has 1 heterocycles. The van der Waals surface area contributed by atoms with Crippen LogP contribution >= 0.6 is 0 Å². The van der Waals surface area contributed by atoms with E-state index in [2.05, 4.69) is 4.98 Å². The summed E-state index contributed by atoms with van der Waals surface area (Å²) < 4.78 is 32.4. The van der Waals surface area contributed by atoms with Crippen molar-refractivity contribution in [2.75, 3.05) is 7.11 Å². The van der Waals surface area contributed by atoms with Gasteiger partial charge in [-0.1, -0.05) is 42.5 Å². The van der Waals surface area contributed by atoms with Crippen LogP contribution in [0.3, 0.4) is 0 Å². The van der Waals surface area contributed by atoms with Gasteiger partial charge in [-0.15, -0.1) is 0 Å². The van der Waals surface area contributed by atoms with E-state index < -0.39 is 0 Å². The molecule has 1 aromatic heterocycles. The number of phenolic OH excluding ortho intramolecular Hbond substituents is 1. The van der Waals surface area contributed by atoms with Crippen molar-refractivity contribution in [3.05, 3.63) is 108 Å². The molecule has 0 fully saturated rings. The highest BCUT2D eigenvalue weighted by Gasteiger charge is 2.19. The first-order valence-corrected chi connectivity index (χ1v) is 11.4. The standard InChI is InChI=1S/C30H24FNO4/c1-19-16-24(13-15-27(19)33)35-18-28-32-29(21-8-11-23(34-2)12-9-21)30(36-28)22-10-14-25(26(31)17-22)20-6-4-3-5-7-20/h3-17,33H,18H2,1-2H3. The SMILES string of the molecule is COc1ccc(-c2nc(COc3ccc(O)c(C)c3)oc2-c2ccc(-c3ccccc3)c(F)c2)cc1. The minimum Gasteiger partial charge on any atom is -0.508 e. The molecule has 0 atom stereocenters. The van der Waals surface area contributed by atoms with Gasteiger partial charge in [-0.2, -0.15) is 0 Å². The van der Waals surface area contributed by atoms with Crippen LogP contribution in [-0.2, 0) is 6.61 Å². The van der Waals surface area contributed by atoms with E-state index in [1.807, 2.05) is 60.7 Å². The van der Waals surface area contributed by atoms with Crippen molar-refractivity contribution in [2.24, 2.45) is 0 Å². The number of phenols is 1. The van der Waals surface area contributed by atoms with Crippen LogP contribution in [0.15, 0.2) is 95.4 Å². The van der Waals surface area contributed by atoms with E-state index in [0.717, 1.165) is 11.1 Å². The highest BCUT2D eigenvalue weighted by molar-refractivity contribution is 5.79. The smallest absolute Gasteiger partial charge is 0.233 e. The van der Waals surface area contributed by atoms with E-state index in [1.165, 1.54) is 6.07 Å². The van der Waals surface area contributed by atoms with Crippen LogP contribution in [0.5, 0.6) is 17.2 Å². The van der Waals surface area contributed by atoms with Crippen molar-refractivity contribution in [3.8, 4) is 51.0 Å². The van der Waals surface area contributed by atoms with Gasteiger partial charge in [0.15, 0.2) is 12.4 Å². The van der Waals surface area contributed by atoms with Gasteiger partial charge >= 0.3 is 0 Å². The van der Waals surface area contributed by atoms with Crippen LogP contribution in [0.4, 0.5) is 4.39 Å². The first-order valence-electron chi connectivity index (χ1n) is 11.4. The molecule has 5 nitrogen and oxygen atoms in total. The number of methoxy groups -OCH3 is 1. The molecule has 1 N–H and O–H groups in total.